The van der Waals surface area contributed by atoms with Crippen molar-refractivity contribution in [1.29, 1.82) is 5.26 Å². The molecule has 9 nitrogen and oxygen atoms in total. The lowest BCUT2D eigenvalue weighted by Crippen LogP contribution is -2.09. The van der Waals surface area contributed by atoms with Gasteiger partial charge < -0.3 is 8.92 Å². The van der Waals surface area contributed by atoms with Crippen molar-refractivity contribution in [2.45, 2.75) is 11.3 Å². The van der Waals surface area contributed by atoms with Crippen molar-refractivity contribution in [3.63, 3.8) is 0 Å². The van der Waals surface area contributed by atoms with Crippen LogP contribution in [0.5, 0.6) is 5.88 Å². The highest BCUT2D eigenvalue weighted by molar-refractivity contribution is 7.99. The number of nitriles is 1. The first kappa shape index (κ1) is 25.8. The molecule has 0 aliphatic carbocycles. The molecule has 0 saturated heterocycles. The van der Waals surface area contributed by atoms with Gasteiger partial charge in [0.1, 0.15) is 11.0 Å². The van der Waals surface area contributed by atoms with Crippen molar-refractivity contribution in [3.05, 3.63) is 87.1 Å². The van der Waals surface area contributed by atoms with E-state index in [4.69, 9.17) is 20.5 Å². The number of nitrogens with zero attached hydrogens (tertiary/aromatic N) is 4. The van der Waals surface area contributed by atoms with Gasteiger partial charge in [0, 0.05) is 44.8 Å². The summed E-state index contributed by atoms with van der Waals surface area (Å²) in [6.07, 6.45) is -0.186. The molecule has 5 rings (SSSR count). The number of pyridine rings is 1. The Balaban J connectivity index is 1.74. The number of benzene rings is 2. The minimum absolute atomic E-state index is 0.0816. The third kappa shape index (κ3) is 4.99. The van der Waals surface area contributed by atoms with Crippen molar-refractivity contribution in [1.82, 2.24) is 8.96 Å². The van der Waals surface area contributed by atoms with Crippen LogP contribution in [-0.4, -0.2) is 32.3 Å². The normalized spacial score (nSPS) is 13.9. The number of carbonyl (C=O) groups is 1. The maximum Gasteiger partial charge on any atom is 0.289 e. The second kappa shape index (κ2) is 11.3. The first-order chi connectivity index (χ1) is 18.5. The van der Waals surface area contributed by atoms with E-state index in [-0.39, 0.29) is 25.5 Å². The van der Waals surface area contributed by atoms with Crippen molar-refractivity contribution < 1.29 is 17.9 Å². The largest absolute Gasteiger partial charge is 0.477 e. The highest BCUT2D eigenvalue weighted by Crippen LogP contribution is 2.44. The lowest BCUT2D eigenvalue weighted by molar-refractivity contribution is -0.118. The molecule has 0 saturated carbocycles. The zero-order valence-electron chi connectivity index (χ0n) is 19.5. The molecule has 1 aliphatic rings. The molecule has 0 spiro atoms. The SMILES string of the molecule is N#CC1=C(c2c(-c3cccc(OCCC(=O)N=O)n3)n(S(=O)c3ccc(Cl)cc3)c3ccccc23)COS1. The number of hydrogen-bond donors (Lipinski definition) is 0. The van der Waals surface area contributed by atoms with Crippen LogP contribution in [0.3, 0.4) is 0 Å². The van der Waals surface area contributed by atoms with Gasteiger partial charge in [-0.15, -0.1) is 4.91 Å². The molecule has 2 aromatic carbocycles. The van der Waals surface area contributed by atoms with Crippen LogP contribution in [0.4, 0.5) is 0 Å². The van der Waals surface area contributed by atoms with Crippen molar-refractivity contribution in [2.24, 2.45) is 5.18 Å². The maximum absolute atomic E-state index is 14.1. The summed E-state index contributed by atoms with van der Waals surface area (Å²) in [7, 11) is -1.72. The van der Waals surface area contributed by atoms with Gasteiger partial charge in [0.2, 0.25) is 5.88 Å². The van der Waals surface area contributed by atoms with Gasteiger partial charge in [0.25, 0.3) is 5.91 Å². The second-order valence-corrected chi connectivity index (χ2v) is 10.5. The fourth-order valence-electron chi connectivity index (χ4n) is 4.03. The predicted octanol–water partition coefficient (Wildman–Crippen LogP) is 5.90. The van der Waals surface area contributed by atoms with Gasteiger partial charge in [0.15, 0.2) is 11.0 Å². The minimum Gasteiger partial charge on any atom is -0.477 e. The summed E-state index contributed by atoms with van der Waals surface area (Å²) >= 11 is 7.07. The van der Waals surface area contributed by atoms with Crippen molar-refractivity contribution in [3.8, 4) is 23.3 Å². The average molecular weight is 565 g/mol. The van der Waals surface area contributed by atoms with E-state index in [1.54, 1.807) is 46.4 Å². The molecule has 12 heteroatoms. The Morgan fingerprint density at radius 1 is 1.18 bits per heavy atom. The maximum atomic E-state index is 14.1. The number of rotatable bonds is 8. The van der Waals surface area contributed by atoms with E-state index in [9.17, 15) is 19.2 Å². The summed E-state index contributed by atoms with van der Waals surface area (Å²) in [6.45, 7) is 0.0981. The smallest absolute Gasteiger partial charge is 0.289 e. The summed E-state index contributed by atoms with van der Waals surface area (Å²) in [5.74, 6) is -0.621. The number of fused-ring (bicyclic) bond motifs is 1. The van der Waals surface area contributed by atoms with E-state index in [1.807, 2.05) is 24.3 Å². The van der Waals surface area contributed by atoms with E-state index >= 15 is 0 Å². The molecule has 1 unspecified atom stereocenters. The van der Waals surface area contributed by atoms with Crippen LogP contribution >= 0.6 is 23.6 Å². The zero-order valence-corrected chi connectivity index (χ0v) is 21.9. The summed E-state index contributed by atoms with van der Waals surface area (Å²) in [5.41, 5.74) is 2.94. The van der Waals surface area contributed by atoms with E-state index < -0.39 is 16.9 Å². The van der Waals surface area contributed by atoms with Gasteiger partial charge in [-0.25, -0.2) is 9.19 Å². The standard InChI is InChI=1S/C26H17ClN4O5S2/c27-16-8-10-17(11-9-16)38(34)31-21-6-2-1-4-18(21)25(19-15-36-37-22(19)14-28)26(31)20-5-3-7-24(29-20)35-13-12-23(32)30-33/h1-11H,12-13,15H2. The summed E-state index contributed by atoms with van der Waals surface area (Å²) in [4.78, 5) is 27.2. The molecule has 1 amide bonds. The van der Waals surface area contributed by atoms with Crippen LogP contribution in [0.15, 0.2) is 81.7 Å². The topological polar surface area (TPSA) is 124 Å². The van der Waals surface area contributed by atoms with E-state index in [2.05, 4.69) is 16.2 Å². The number of aromatic nitrogens is 2. The minimum atomic E-state index is -1.72. The van der Waals surface area contributed by atoms with Crippen LogP contribution in [0, 0.1) is 16.2 Å². The second-order valence-electron chi connectivity index (χ2n) is 7.95. The first-order valence-corrected chi connectivity index (χ1v) is 13.4. The van der Waals surface area contributed by atoms with Crippen LogP contribution in [0.25, 0.3) is 27.9 Å². The Kier molecular flexibility index (Phi) is 7.67. The van der Waals surface area contributed by atoms with E-state index in [0.717, 1.165) is 17.4 Å². The Morgan fingerprint density at radius 2 is 1.97 bits per heavy atom. The Hall–Kier alpha value is -3.82. The highest BCUT2D eigenvalue weighted by atomic mass is 35.5. The highest BCUT2D eigenvalue weighted by Gasteiger charge is 2.30. The number of hydrogen-bond acceptors (Lipinski definition) is 8. The molecule has 1 aliphatic heterocycles. The molecular weight excluding hydrogens is 548 g/mol. The number of carbonyl (C=O) groups excluding carboxylic acids is 1. The van der Waals surface area contributed by atoms with Crippen LogP contribution in [0.2, 0.25) is 5.02 Å². The summed E-state index contributed by atoms with van der Waals surface area (Å²) < 4.78 is 26.9. The fourth-order valence-corrected chi connectivity index (χ4v) is 6.02. The average Bonchev–Trinajstić information content (AvgIpc) is 3.55. The number of para-hydroxylation sites is 1. The van der Waals surface area contributed by atoms with Gasteiger partial charge in [-0.3, -0.25) is 8.77 Å². The number of halogens is 1. The molecular formula is C26H17ClN4O5S2. The molecule has 2 aromatic heterocycles. The Bertz CT molecular complexity index is 1660. The number of nitroso groups, excluding NO2 is 1. The molecule has 190 valence electrons. The zero-order chi connectivity index (χ0) is 26.6. The van der Waals surface area contributed by atoms with Crippen LogP contribution in [0.1, 0.15) is 12.0 Å². The van der Waals surface area contributed by atoms with Gasteiger partial charge in [-0.2, -0.15) is 5.26 Å². The monoisotopic (exact) mass is 564 g/mol. The molecule has 1 atom stereocenters. The Labute approximate surface area is 228 Å². The number of allylic oxidation sites excluding steroid dienone is 1. The molecule has 38 heavy (non-hydrogen) atoms. The predicted molar refractivity (Wildman–Crippen MR) is 145 cm³/mol. The lowest BCUT2D eigenvalue weighted by atomic mass is 10.0. The third-order valence-electron chi connectivity index (χ3n) is 5.67. The van der Waals surface area contributed by atoms with E-state index in [0.29, 0.717) is 42.9 Å². The van der Waals surface area contributed by atoms with Gasteiger partial charge >= 0.3 is 0 Å². The van der Waals surface area contributed by atoms with Crippen molar-refractivity contribution >= 4 is 57.0 Å². The van der Waals surface area contributed by atoms with Gasteiger partial charge in [-0.1, -0.05) is 35.9 Å². The number of ether oxygens (including phenoxy) is 1. The first-order valence-electron chi connectivity index (χ1n) is 11.2. The molecule has 3 heterocycles. The third-order valence-corrected chi connectivity index (χ3v) is 8.05. The molecule has 0 N–H and O–H groups in total. The fraction of sp³-hybridized carbons (Fsp3) is 0.115. The van der Waals surface area contributed by atoms with Crippen LogP contribution < -0.4 is 4.74 Å². The summed E-state index contributed by atoms with van der Waals surface area (Å²) in [5, 5.41) is 13.4. The molecule has 4 aromatic rings. The van der Waals surface area contributed by atoms with Gasteiger partial charge in [-0.05, 0) is 36.4 Å². The van der Waals surface area contributed by atoms with Crippen molar-refractivity contribution in [2.75, 3.05) is 13.2 Å². The Morgan fingerprint density at radius 3 is 2.74 bits per heavy atom. The molecule has 0 fully saturated rings. The van der Waals surface area contributed by atoms with Gasteiger partial charge in [0.05, 0.1) is 41.4 Å². The molecule has 0 bridgehead atoms. The quantitative estimate of drug-likeness (QED) is 0.191. The van der Waals surface area contributed by atoms with Crippen LogP contribution in [-0.2, 0) is 20.0 Å². The summed E-state index contributed by atoms with van der Waals surface area (Å²) in [6, 6.07) is 21.4. The lowest BCUT2D eigenvalue weighted by Gasteiger charge is -2.13. The molecule has 0 radical (unpaired) electrons. The van der Waals surface area contributed by atoms with E-state index in [1.165, 1.54) is 0 Å². The number of amides is 1.